The van der Waals surface area contributed by atoms with Gasteiger partial charge in [0.05, 0.1) is 11.8 Å². The maximum absolute atomic E-state index is 11.4. The van der Waals surface area contributed by atoms with Crippen LogP contribution < -0.4 is 0 Å². The van der Waals surface area contributed by atoms with Crippen molar-refractivity contribution in [1.82, 2.24) is 0 Å². The minimum atomic E-state index is -0.256. The van der Waals surface area contributed by atoms with Gasteiger partial charge >= 0.3 is 11.9 Å². The lowest BCUT2D eigenvalue weighted by Crippen LogP contribution is -2.24. The second kappa shape index (κ2) is 2.14. The Hall–Kier alpha value is -0.860. The smallest absolute Gasteiger partial charge is 0.317 e. The maximum atomic E-state index is 11.4. The predicted molar refractivity (Wildman–Crippen MR) is 43.5 cm³/mol. The SMILES string of the molecule is CC1C2CC[C@@H]1C1C(=O)OC(=O)C21. The number of esters is 2. The second-order valence-corrected chi connectivity index (χ2v) is 4.56. The van der Waals surface area contributed by atoms with E-state index in [9.17, 15) is 9.59 Å². The molecule has 3 rings (SSSR count). The van der Waals surface area contributed by atoms with E-state index in [1.165, 1.54) is 0 Å². The first-order valence-electron chi connectivity index (χ1n) is 4.95. The van der Waals surface area contributed by atoms with E-state index < -0.39 is 0 Å². The monoisotopic (exact) mass is 180 g/mol. The van der Waals surface area contributed by atoms with Crippen molar-refractivity contribution < 1.29 is 14.3 Å². The lowest BCUT2D eigenvalue weighted by molar-refractivity contribution is -0.155. The van der Waals surface area contributed by atoms with E-state index in [4.69, 9.17) is 0 Å². The van der Waals surface area contributed by atoms with Gasteiger partial charge in [-0.15, -0.1) is 0 Å². The van der Waals surface area contributed by atoms with E-state index in [1.54, 1.807) is 0 Å². The Balaban J connectivity index is 2.04. The molecule has 70 valence electrons. The normalized spacial score (nSPS) is 52.5. The van der Waals surface area contributed by atoms with E-state index in [1.807, 2.05) is 0 Å². The molecule has 2 saturated carbocycles. The third-order valence-electron chi connectivity index (χ3n) is 4.24. The molecular formula is C10H12O3. The van der Waals surface area contributed by atoms with Crippen molar-refractivity contribution in [3.8, 4) is 0 Å². The van der Waals surface area contributed by atoms with Crippen LogP contribution in [0, 0.1) is 29.6 Å². The number of hydrogen-bond donors (Lipinski definition) is 0. The van der Waals surface area contributed by atoms with Crippen LogP contribution in [0.1, 0.15) is 19.8 Å². The standard InChI is InChI=1S/C10H12O3/c1-4-5-2-3-6(4)8-7(5)9(11)13-10(8)12/h4-8H,2-3H2,1H3/t4?,5-,6?,7?,8?/m0/s1. The van der Waals surface area contributed by atoms with Crippen molar-refractivity contribution in [3.05, 3.63) is 0 Å². The molecule has 3 aliphatic rings. The minimum Gasteiger partial charge on any atom is -0.393 e. The lowest BCUT2D eigenvalue weighted by atomic mass is 9.81. The number of hydrogen-bond acceptors (Lipinski definition) is 3. The highest BCUT2D eigenvalue weighted by Crippen LogP contribution is 2.58. The Morgan fingerprint density at radius 2 is 1.54 bits per heavy atom. The van der Waals surface area contributed by atoms with Crippen molar-refractivity contribution in [2.45, 2.75) is 19.8 Å². The molecule has 4 unspecified atom stereocenters. The van der Waals surface area contributed by atoms with Gasteiger partial charge in [-0.1, -0.05) is 6.92 Å². The van der Waals surface area contributed by atoms with Crippen molar-refractivity contribution >= 4 is 11.9 Å². The molecule has 0 aromatic carbocycles. The van der Waals surface area contributed by atoms with Gasteiger partial charge in [-0.05, 0) is 30.6 Å². The van der Waals surface area contributed by atoms with Crippen molar-refractivity contribution in [1.29, 1.82) is 0 Å². The molecular weight excluding hydrogens is 168 g/mol. The van der Waals surface area contributed by atoms with Gasteiger partial charge in [-0.2, -0.15) is 0 Å². The van der Waals surface area contributed by atoms with E-state index >= 15 is 0 Å². The highest BCUT2D eigenvalue weighted by molar-refractivity contribution is 5.97. The molecule has 13 heavy (non-hydrogen) atoms. The Kier molecular flexibility index (Phi) is 1.24. The molecule has 0 aromatic heterocycles. The molecule has 2 aliphatic carbocycles. The number of carbonyl (C=O) groups excluding carboxylic acids is 2. The van der Waals surface area contributed by atoms with Gasteiger partial charge in [0.1, 0.15) is 0 Å². The van der Waals surface area contributed by atoms with Crippen LogP contribution in [-0.4, -0.2) is 11.9 Å². The molecule has 0 spiro atoms. The third kappa shape index (κ3) is 0.713. The summed E-state index contributed by atoms with van der Waals surface area (Å²) in [5.74, 6) is 0.722. The zero-order chi connectivity index (χ0) is 9.16. The molecule has 3 heteroatoms. The van der Waals surface area contributed by atoms with Crippen LogP contribution in [-0.2, 0) is 14.3 Å². The van der Waals surface area contributed by atoms with E-state index in [2.05, 4.69) is 11.7 Å². The summed E-state index contributed by atoms with van der Waals surface area (Å²) in [6.45, 7) is 2.17. The molecule has 0 amide bonds. The first-order valence-corrected chi connectivity index (χ1v) is 4.95. The molecule has 5 atom stereocenters. The largest absolute Gasteiger partial charge is 0.393 e. The van der Waals surface area contributed by atoms with Gasteiger partial charge in [0.25, 0.3) is 0 Å². The summed E-state index contributed by atoms with van der Waals surface area (Å²) >= 11 is 0. The summed E-state index contributed by atoms with van der Waals surface area (Å²) in [5.41, 5.74) is 0. The second-order valence-electron chi connectivity index (χ2n) is 4.56. The summed E-state index contributed by atoms with van der Waals surface area (Å²) in [5, 5.41) is 0. The zero-order valence-corrected chi connectivity index (χ0v) is 7.53. The number of fused-ring (bicyclic) bond motifs is 5. The molecule has 3 fully saturated rings. The molecule has 3 nitrogen and oxygen atoms in total. The Morgan fingerprint density at radius 3 is 2.00 bits per heavy atom. The average Bonchev–Trinajstić information content (AvgIpc) is 2.67. The highest BCUT2D eigenvalue weighted by atomic mass is 16.6. The molecule has 1 saturated heterocycles. The molecule has 1 heterocycles. The fourth-order valence-electron chi connectivity index (χ4n) is 3.65. The zero-order valence-electron chi connectivity index (χ0n) is 7.53. The maximum Gasteiger partial charge on any atom is 0.317 e. The Morgan fingerprint density at radius 1 is 1.08 bits per heavy atom. The van der Waals surface area contributed by atoms with Crippen molar-refractivity contribution in [2.75, 3.05) is 0 Å². The van der Waals surface area contributed by atoms with Crippen LogP contribution in [0.3, 0.4) is 0 Å². The van der Waals surface area contributed by atoms with Gasteiger partial charge in [-0.3, -0.25) is 9.59 Å². The predicted octanol–water partition coefficient (Wildman–Crippen LogP) is 0.978. The average molecular weight is 180 g/mol. The third-order valence-corrected chi connectivity index (χ3v) is 4.24. The lowest BCUT2D eigenvalue weighted by Gasteiger charge is -2.17. The number of cyclic esters (lactones) is 2. The van der Waals surface area contributed by atoms with Crippen LogP contribution >= 0.6 is 0 Å². The molecule has 0 aromatic rings. The number of ether oxygens (including phenoxy) is 1. The number of carbonyl (C=O) groups is 2. The topological polar surface area (TPSA) is 43.4 Å². The van der Waals surface area contributed by atoms with Crippen molar-refractivity contribution in [2.24, 2.45) is 29.6 Å². The Bertz CT molecular complexity index is 269. The van der Waals surface area contributed by atoms with Crippen LogP contribution in [0.15, 0.2) is 0 Å². The quantitative estimate of drug-likeness (QED) is 0.412. The molecule has 1 aliphatic heterocycles. The number of rotatable bonds is 0. The summed E-state index contributed by atoms with van der Waals surface area (Å²) < 4.78 is 4.68. The van der Waals surface area contributed by atoms with Crippen molar-refractivity contribution in [3.63, 3.8) is 0 Å². The first-order chi connectivity index (χ1) is 6.20. The van der Waals surface area contributed by atoms with Crippen LogP contribution in [0.4, 0.5) is 0 Å². The minimum absolute atomic E-state index is 0.0822. The van der Waals surface area contributed by atoms with E-state index in [-0.39, 0.29) is 23.8 Å². The summed E-state index contributed by atoms with van der Waals surface area (Å²) in [6.07, 6.45) is 2.21. The molecule has 0 radical (unpaired) electrons. The van der Waals surface area contributed by atoms with E-state index in [0.717, 1.165) is 12.8 Å². The molecule has 2 bridgehead atoms. The van der Waals surface area contributed by atoms with Crippen LogP contribution in [0.2, 0.25) is 0 Å². The van der Waals surface area contributed by atoms with E-state index in [0.29, 0.717) is 17.8 Å². The first kappa shape index (κ1) is 7.54. The summed E-state index contributed by atoms with van der Waals surface area (Å²) in [7, 11) is 0. The van der Waals surface area contributed by atoms with Gasteiger partial charge in [0.2, 0.25) is 0 Å². The highest BCUT2D eigenvalue weighted by Gasteiger charge is 2.62. The Labute approximate surface area is 76.4 Å². The van der Waals surface area contributed by atoms with Crippen LogP contribution in [0.25, 0.3) is 0 Å². The fourth-order valence-corrected chi connectivity index (χ4v) is 3.65. The summed E-state index contributed by atoms with van der Waals surface area (Å²) in [6, 6.07) is 0. The van der Waals surface area contributed by atoms with Gasteiger partial charge < -0.3 is 4.74 Å². The fraction of sp³-hybridized carbons (Fsp3) is 0.800. The van der Waals surface area contributed by atoms with Gasteiger partial charge in [0, 0.05) is 0 Å². The van der Waals surface area contributed by atoms with Gasteiger partial charge in [0.15, 0.2) is 0 Å². The molecule has 0 N–H and O–H groups in total. The van der Waals surface area contributed by atoms with Gasteiger partial charge in [-0.25, -0.2) is 0 Å². The summed E-state index contributed by atoms with van der Waals surface area (Å²) in [4.78, 5) is 22.7. The van der Waals surface area contributed by atoms with Crippen LogP contribution in [0.5, 0.6) is 0 Å².